The summed E-state index contributed by atoms with van der Waals surface area (Å²) in [6.45, 7) is 9.92. The average molecular weight is 290 g/mol. The number of aryl methyl sites for hydroxylation is 2. The van der Waals surface area contributed by atoms with Gasteiger partial charge in [0, 0.05) is 12.6 Å². The predicted molar refractivity (Wildman–Crippen MR) is 85.2 cm³/mol. The van der Waals surface area contributed by atoms with Crippen molar-refractivity contribution < 1.29 is 9.59 Å². The van der Waals surface area contributed by atoms with Crippen LogP contribution in [-0.4, -0.2) is 35.8 Å². The molecule has 0 heterocycles. The van der Waals surface area contributed by atoms with Gasteiger partial charge in [-0.2, -0.15) is 0 Å². The minimum atomic E-state index is -0.283. The van der Waals surface area contributed by atoms with Gasteiger partial charge in [-0.15, -0.1) is 0 Å². The van der Waals surface area contributed by atoms with Crippen LogP contribution in [0, 0.1) is 13.8 Å². The summed E-state index contributed by atoms with van der Waals surface area (Å²) in [6.07, 6.45) is 0.320. The number of carbonyl (C=O) groups excluding carboxylic acids is 2. The van der Waals surface area contributed by atoms with Gasteiger partial charge in [0.2, 0.25) is 11.8 Å². The van der Waals surface area contributed by atoms with Crippen molar-refractivity contribution in [1.82, 2.24) is 10.2 Å². The minimum Gasteiger partial charge on any atom is -0.350 e. The van der Waals surface area contributed by atoms with Crippen molar-refractivity contribution in [2.75, 3.05) is 13.6 Å². The van der Waals surface area contributed by atoms with Crippen LogP contribution in [-0.2, 0) is 16.0 Å². The van der Waals surface area contributed by atoms with E-state index in [0.29, 0.717) is 6.42 Å². The third-order valence-electron chi connectivity index (χ3n) is 3.25. The number of carbonyl (C=O) groups is 2. The predicted octanol–water partition coefficient (Wildman–Crippen LogP) is 2.22. The van der Waals surface area contributed by atoms with Gasteiger partial charge < -0.3 is 10.2 Å². The summed E-state index contributed by atoms with van der Waals surface area (Å²) in [5, 5.41) is 2.85. The Kier molecular flexibility index (Phi) is 5.53. The van der Waals surface area contributed by atoms with E-state index in [4.69, 9.17) is 0 Å². The lowest BCUT2D eigenvalue weighted by atomic mass is 10.0. The van der Waals surface area contributed by atoms with Gasteiger partial charge in [-0.3, -0.25) is 9.59 Å². The highest BCUT2D eigenvalue weighted by Gasteiger charge is 2.18. The number of nitrogens with zero attached hydrogens (tertiary/aromatic N) is 1. The van der Waals surface area contributed by atoms with Crippen molar-refractivity contribution >= 4 is 11.8 Å². The SMILES string of the molecule is Cc1ccc(CC(=O)N(C)CC(=O)NC(C)(C)C)cc1C. The monoisotopic (exact) mass is 290 g/mol. The van der Waals surface area contributed by atoms with Crippen molar-refractivity contribution in [3.63, 3.8) is 0 Å². The first kappa shape index (κ1) is 17.2. The number of hydrogen-bond donors (Lipinski definition) is 1. The van der Waals surface area contributed by atoms with E-state index in [1.165, 1.54) is 16.0 Å². The van der Waals surface area contributed by atoms with Gasteiger partial charge in [0.15, 0.2) is 0 Å². The number of benzene rings is 1. The summed E-state index contributed by atoms with van der Waals surface area (Å²) in [4.78, 5) is 25.4. The van der Waals surface area contributed by atoms with Gasteiger partial charge in [0.1, 0.15) is 0 Å². The standard InChI is InChI=1S/C17H26N2O2/c1-12-7-8-14(9-13(12)2)10-16(21)19(6)11-15(20)18-17(3,4)5/h7-9H,10-11H2,1-6H3,(H,18,20). The molecule has 0 aliphatic carbocycles. The van der Waals surface area contributed by atoms with Crippen LogP contribution in [0.25, 0.3) is 0 Å². The molecule has 0 aromatic heterocycles. The summed E-state index contributed by atoms with van der Waals surface area (Å²) >= 11 is 0. The fraction of sp³-hybridized carbons (Fsp3) is 0.529. The molecule has 0 bridgehead atoms. The van der Waals surface area contributed by atoms with Crippen molar-refractivity contribution in [1.29, 1.82) is 0 Å². The maximum absolute atomic E-state index is 12.2. The molecule has 0 saturated heterocycles. The number of amides is 2. The summed E-state index contributed by atoms with van der Waals surface area (Å²) in [5.41, 5.74) is 3.08. The number of rotatable bonds is 4. The van der Waals surface area contributed by atoms with Crippen LogP contribution in [0.4, 0.5) is 0 Å². The fourth-order valence-electron chi connectivity index (χ4n) is 1.98. The van der Waals surface area contributed by atoms with Crippen LogP contribution in [0.3, 0.4) is 0 Å². The molecule has 0 spiro atoms. The molecule has 4 nitrogen and oxygen atoms in total. The second-order valence-corrected chi connectivity index (χ2v) is 6.64. The van der Waals surface area contributed by atoms with Crippen molar-refractivity contribution in [3.8, 4) is 0 Å². The molecule has 0 atom stereocenters. The second kappa shape index (κ2) is 6.74. The summed E-state index contributed by atoms with van der Waals surface area (Å²) < 4.78 is 0. The molecule has 0 saturated carbocycles. The van der Waals surface area contributed by atoms with E-state index in [9.17, 15) is 9.59 Å². The van der Waals surface area contributed by atoms with Crippen LogP contribution < -0.4 is 5.32 Å². The van der Waals surface area contributed by atoms with E-state index in [2.05, 4.69) is 5.32 Å². The Morgan fingerprint density at radius 1 is 1.14 bits per heavy atom. The molecule has 1 rings (SSSR count). The molecule has 0 unspecified atom stereocenters. The lowest BCUT2D eigenvalue weighted by Crippen LogP contribution is -2.46. The topological polar surface area (TPSA) is 49.4 Å². The van der Waals surface area contributed by atoms with E-state index in [1.807, 2.05) is 52.8 Å². The van der Waals surface area contributed by atoms with Crippen LogP contribution in [0.5, 0.6) is 0 Å². The normalized spacial score (nSPS) is 11.1. The molecule has 116 valence electrons. The Hall–Kier alpha value is -1.84. The summed E-state index contributed by atoms with van der Waals surface area (Å²) in [6, 6.07) is 6.00. The minimum absolute atomic E-state index is 0.0534. The molecular formula is C17H26N2O2. The largest absolute Gasteiger partial charge is 0.350 e. The van der Waals surface area contributed by atoms with E-state index >= 15 is 0 Å². The number of hydrogen-bond acceptors (Lipinski definition) is 2. The van der Waals surface area contributed by atoms with Crippen LogP contribution in [0.2, 0.25) is 0 Å². The second-order valence-electron chi connectivity index (χ2n) is 6.64. The molecule has 1 N–H and O–H groups in total. The highest BCUT2D eigenvalue weighted by molar-refractivity contribution is 5.85. The van der Waals surface area contributed by atoms with Crippen LogP contribution in [0.1, 0.15) is 37.5 Å². The Bertz CT molecular complexity index is 530. The Balaban J connectivity index is 2.58. The first-order valence-corrected chi connectivity index (χ1v) is 7.19. The first-order chi connectivity index (χ1) is 9.58. The molecule has 0 radical (unpaired) electrons. The highest BCUT2D eigenvalue weighted by Crippen LogP contribution is 2.11. The van der Waals surface area contributed by atoms with E-state index < -0.39 is 0 Å². The summed E-state index contributed by atoms with van der Waals surface area (Å²) in [7, 11) is 1.66. The Morgan fingerprint density at radius 2 is 1.76 bits per heavy atom. The van der Waals surface area contributed by atoms with Crippen LogP contribution in [0.15, 0.2) is 18.2 Å². The van der Waals surface area contributed by atoms with Gasteiger partial charge in [0.25, 0.3) is 0 Å². The molecule has 0 aliphatic heterocycles. The third-order valence-corrected chi connectivity index (χ3v) is 3.25. The van der Waals surface area contributed by atoms with Crippen molar-refractivity contribution in [2.24, 2.45) is 0 Å². The zero-order chi connectivity index (χ0) is 16.2. The molecule has 1 aromatic rings. The first-order valence-electron chi connectivity index (χ1n) is 7.19. The Morgan fingerprint density at radius 3 is 2.29 bits per heavy atom. The maximum Gasteiger partial charge on any atom is 0.240 e. The van der Waals surface area contributed by atoms with Crippen molar-refractivity contribution in [3.05, 3.63) is 34.9 Å². The lowest BCUT2D eigenvalue weighted by molar-refractivity contribution is -0.134. The lowest BCUT2D eigenvalue weighted by Gasteiger charge is -2.23. The van der Waals surface area contributed by atoms with Gasteiger partial charge in [-0.25, -0.2) is 0 Å². The van der Waals surface area contributed by atoms with E-state index in [-0.39, 0.29) is 23.9 Å². The molecule has 21 heavy (non-hydrogen) atoms. The zero-order valence-corrected chi connectivity index (χ0v) is 13.9. The highest BCUT2D eigenvalue weighted by atomic mass is 16.2. The maximum atomic E-state index is 12.2. The van der Waals surface area contributed by atoms with Crippen LogP contribution >= 0.6 is 0 Å². The molecule has 4 heteroatoms. The zero-order valence-electron chi connectivity index (χ0n) is 13.9. The molecule has 0 fully saturated rings. The molecule has 2 amide bonds. The fourth-order valence-corrected chi connectivity index (χ4v) is 1.98. The van der Waals surface area contributed by atoms with Gasteiger partial charge in [0.05, 0.1) is 13.0 Å². The third kappa shape index (κ3) is 5.98. The average Bonchev–Trinajstić information content (AvgIpc) is 2.31. The number of likely N-dealkylation sites (N-methyl/N-ethyl adjacent to an activating group) is 1. The van der Waals surface area contributed by atoms with E-state index in [1.54, 1.807) is 7.05 Å². The van der Waals surface area contributed by atoms with Gasteiger partial charge in [-0.05, 0) is 51.3 Å². The van der Waals surface area contributed by atoms with Gasteiger partial charge in [-0.1, -0.05) is 18.2 Å². The molecule has 0 aliphatic rings. The van der Waals surface area contributed by atoms with Crippen molar-refractivity contribution in [2.45, 2.75) is 46.6 Å². The quantitative estimate of drug-likeness (QED) is 0.924. The summed E-state index contributed by atoms with van der Waals surface area (Å²) in [5.74, 6) is -0.194. The van der Waals surface area contributed by atoms with E-state index in [0.717, 1.165) is 5.56 Å². The number of nitrogens with one attached hydrogen (secondary N) is 1. The van der Waals surface area contributed by atoms with Gasteiger partial charge >= 0.3 is 0 Å². The molecule has 1 aromatic carbocycles. The molecular weight excluding hydrogens is 264 g/mol. The smallest absolute Gasteiger partial charge is 0.240 e. The Labute approximate surface area is 127 Å².